The van der Waals surface area contributed by atoms with E-state index in [1.165, 1.54) is 22.7 Å². The van der Waals surface area contributed by atoms with Crippen molar-refractivity contribution in [2.24, 2.45) is 0 Å². The van der Waals surface area contributed by atoms with Crippen molar-refractivity contribution in [3.8, 4) is 5.69 Å². The molecule has 0 radical (unpaired) electrons. The minimum atomic E-state index is -0.947. The Bertz CT molecular complexity index is 1310. The second-order valence-corrected chi connectivity index (χ2v) is 8.79. The first-order chi connectivity index (χ1) is 16.0. The third-order valence-corrected chi connectivity index (χ3v) is 6.39. The summed E-state index contributed by atoms with van der Waals surface area (Å²) in [5.41, 5.74) is 2.03. The van der Waals surface area contributed by atoms with Gasteiger partial charge in [-0.2, -0.15) is 5.10 Å². The zero-order valence-electron chi connectivity index (χ0n) is 18.3. The van der Waals surface area contributed by atoms with Crippen molar-refractivity contribution in [1.29, 1.82) is 0 Å². The molecule has 8 nitrogen and oxygen atoms in total. The average molecular weight is 446 g/mol. The number of aliphatic hydroxyl groups is 2. The van der Waals surface area contributed by atoms with E-state index in [2.05, 4.69) is 27.1 Å². The van der Waals surface area contributed by atoms with Crippen LogP contribution in [0.25, 0.3) is 16.7 Å². The Hall–Kier alpha value is -3.33. The van der Waals surface area contributed by atoms with Gasteiger partial charge in [0, 0.05) is 19.6 Å². The van der Waals surface area contributed by atoms with Gasteiger partial charge in [0.25, 0.3) is 5.56 Å². The number of hydrogen-bond acceptors (Lipinski definition) is 6. The summed E-state index contributed by atoms with van der Waals surface area (Å²) in [5.74, 6) is 0. The van der Waals surface area contributed by atoms with E-state index in [9.17, 15) is 15.0 Å². The fourth-order valence-electron chi connectivity index (χ4n) is 4.48. The van der Waals surface area contributed by atoms with Gasteiger partial charge in [-0.1, -0.05) is 42.5 Å². The first-order valence-electron chi connectivity index (χ1n) is 11.2. The molecule has 1 saturated heterocycles. The molecule has 3 heterocycles. The van der Waals surface area contributed by atoms with Crippen molar-refractivity contribution >= 4 is 11.0 Å². The van der Waals surface area contributed by atoms with E-state index in [1.54, 1.807) is 4.68 Å². The molecule has 0 saturated carbocycles. The summed E-state index contributed by atoms with van der Waals surface area (Å²) in [5, 5.41) is 25.3. The Kier molecular flexibility index (Phi) is 5.80. The van der Waals surface area contributed by atoms with Gasteiger partial charge in [-0.15, -0.1) is 0 Å². The highest BCUT2D eigenvalue weighted by Gasteiger charge is 2.33. The van der Waals surface area contributed by atoms with Gasteiger partial charge < -0.3 is 10.2 Å². The van der Waals surface area contributed by atoms with Crippen LogP contribution in [0.15, 0.2) is 71.9 Å². The Balaban J connectivity index is 1.32. The Morgan fingerprint density at radius 3 is 2.52 bits per heavy atom. The number of aliphatic hydroxyl groups excluding tert-OH is 1. The van der Waals surface area contributed by atoms with Gasteiger partial charge >= 0.3 is 0 Å². The molecule has 0 atom stereocenters. The molecule has 0 bridgehead atoms. The summed E-state index contributed by atoms with van der Waals surface area (Å²) >= 11 is 0. The van der Waals surface area contributed by atoms with E-state index in [-0.39, 0.29) is 18.7 Å². The molecule has 2 N–H and O–H groups in total. The molecule has 0 amide bonds. The molecule has 0 spiro atoms. The molecule has 5 rings (SSSR count). The summed E-state index contributed by atoms with van der Waals surface area (Å²) < 4.78 is 3.09. The number of likely N-dealkylation sites (tertiary alicyclic amines) is 1. The van der Waals surface area contributed by atoms with Gasteiger partial charge in [0.1, 0.15) is 11.7 Å². The SMILES string of the molecule is O=c1c2cnn(-c3cccc(CO)c3)c2ncn1CC1(O)CCN(Cc2ccccc2)CC1. The van der Waals surface area contributed by atoms with Crippen LogP contribution in [0.5, 0.6) is 0 Å². The van der Waals surface area contributed by atoms with Gasteiger partial charge in [0.15, 0.2) is 5.65 Å². The summed E-state index contributed by atoms with van der Waals surface area (Å²) in [4.78, 5) is 19.9. The van der Waals surface area contributed by atoms with Crippen LogP contribution >= 0.6 is 0 Å². The minimum absolute atomic E-state index is 0.0748. The molecule has 2 aromatic carbocycles. The lowest BCUT2D eigenvalue weighted by Gasteiger charge is -2.38. The zero-order chi connectivity index (χ0) is 22.8. The van der Waals surface area contributed by atoms with Crippen LogP contribution in [0.3, 0.4) is 0 Å². The first kappa shape index (κ1) is 21.5. The third-order valence-electron chi connectivity index (χ3n) is 6.39. The maximum Gasteiger partial charge on any atom is 0.264 e. The van der Waals surface area contributed by atoms with Crippen molar-refractivity contribution in [2.75, 3.05) is 13.1 Å². The van der Waals surface area contributed by atoms with E-state index in [1.807, 2.05) is 42.5 Å². The predicted octanol–water partition coefficient (Wildman–Crippen LogP) is 2.10. The van der Waals surface area contributed by atoms with Gasteiger partial charge in [-0.3, -0.25) is 14.3 Å². The summed E-state index contributed by atoms with van der Waals surface area (Å²) in [6.45, 7) is 2.54. The highest BCUT2D eigenvalue weighted by Crippen LogP contribution is 2.25. The monoisotopic (exact) mass is 445 g/mol. The van der Waals surface area contributed by atoms with Crippen LogP contribution < -0.4 is 5.56 Å². The number of nitrogens with zero attached hydrogens (tertiary/aromatic N) is 5. The normalized spacial score (nSPS) is 16.3. The molecule has 33 heavy (non-hydrogen) atoms. The number of piperidine rings is 1. The van der Waals surface area contributed by atoms with Crippen molar-refractivity contribution in [1.82, 2.24) is 24.2 Å². The highest BCUT2D eigenvalue weighted by molar-refractivity contribution is 5.75. The fraction of sp³-hybridized carbons (Fsp3) is 0.320. The van der Waals surface area contributed by atoms with E-state index in [4.69, 9.17) is 0 Å². The lowest BCUT2D eigenvalue weighted by Crippen LogP contribution is -2.47. The first-order valence-corrected chi connectivity index (χ1v) is 11.2. The smallest absolute Gasteiger partial charge is 0.264 e. The van der Waals surface area contributed by atoms with Gasteiger partial charge in [0.2, 0.25) is 0 Å². The minimum Gasteiger partial charge on any atom is -0.392 e. The van der Waals surface area contributed by atoms with Crippen LogP contribution in [0, 0.1) is 0 Å². The average Bonchev–Trinajstić information content (AvgIpc) is 3.28. The quantitative estimate of drug-likeness (QED) is 0.472. The molecular formula is C25H27N5O3. The van der Waals surface area contributed by atoms with Crippen molar-refractivity contribution < 1.29 is 10.2 Å². The molecule has 0 aliphatic carbocycles. The van der Waals surface area contributed by atoms with Crippen molar-refractivity contribution in [3.63, 3.8) is 0 Å². The highest BCUT2D eigenvalue weighted by atomic mass is 16.3. The van der Waals surface area contributed by atoms with Crippen LogP contribution in [0.2, 0.25) is 0 Å². The number of rotatable bonds is 6. The van der Waals surface area contributed by atoms with Crippen LogP contribution in [-0.2, 0) is 19.7 Å². The van der Waals surface area contributed by atoms with Gasteiger partial charge in [-0.05, 0) is 36.1 Å². The number of benzene rings is 2. The molecule has 0 unspecified atom stereocenters. The molecule has 1 aliphatic rings. The Labute approximate surface area is 191 Å². The maximum absolute atomic E-state index is 13.1. The second kappa shape index (κ2) is 8.90. The third kappa shape index (κ3) is 4.45. The largest absolute Gasteiger partial charge is 0.392 e. The molecule has 2 aromatic heterocycles. The van der Waals surface area contributed by atoms with Crippen molar-refractivity contribution in [3.05, 3.63) is 88.6 Å². The lowest BCUT2D eigenvalue weighted by molar-refractivity contribution is -0.0364. The molecule has 1 aliphatic heterocycles. The van der Waals surface area contributed by atoms with Crippen LogP contribution in [0.4, 0.5) is 0 Å². The fourth-order valence-corrected chi connectivity index (χ4v) is 4.48. The molecule has 4 aromatic rings. The zero-order valence-corrected chi connectivity index (χ0v) is 18.3. The molecule has 8 heteroatoms. The van der Waals surface area contributed by atoms with Crippen molar-refractivity contribution in [2.45, 2.75) is 38.1 Å². The summed E-state index contributed by atoms with van der Waals surface area (Å²) in [7, 11) is 0. The predicted molar refractivity (Wildman–Crippen MR) is 125 cm³/mol. The maximum atomic E-state index is 13.1. The second-order valence-electron chi connectivity index (χ2n) is 8.79. The summed E-state index contributed by atoms with van der Waals surface area (Å²) in [6.07, 6.45) is 4.20. The van der Waals surface area contributed by atoms with E-state index in [0.717, 1.165) is 30.9 Å². The number of fused-ring (bicyclic) bond motifs is 1. The van der Waals surface area contributed by atoms with Crippen LogP contribution in [-0.4, -0.2) is 53.1 Å². The van der Waals surface area contributed by atoms with Gasteiger partial charge in [0.05, 0.1) is 30.6 Å². The number of hydrogen-bond donors (Lipinski definition) is 2. The lowest BCUT2D eigenvalue weighted by atomic mass is 9.91. The van der Waals surface area contributed by atoms with Gasteiger partial charge in [-0.25, -0.2) is 9.67 Å². The standard InChI is InChI=1S/C25H27N5O3/c31-16-20-7-4-8-21(13-20)30-23-22(14-27-30)24(32)29(18-26-23)17-25(33)9-11-28(12-10-25)15-19-5-2-1-3-6-19/h1-8,13-14,18,31,33H,9-12,15-17H2. The Morgan fingerprint density at radius 2 is 1.76 bits per heavy atom. The summed E-state index contributed by atoms with van der Waals surface area (Å²) in [6, 6.07) is 17.6. The molecule has 170 valence electrons. The molecular weight excluding hydrogens is 418 g/mol. The number of aromatic nitrogens is 4. The topological polar surface area (TPSA) is 96.4 Å². The van der Waals surface area contributed by atoms with E-state index >= 15 is 0 Å². The Morgan fingerprint density at radius 1 is 1.00 bits per heavy atom. The van der Waals surface area contributed by atoms with E-state index in [0.29, 0.717) is 23.9 Å². The molecule has 1 fully saturated rings. The van der Waals surface area contributed by atoms with Crippen LogP contribution in [0.1, 0.15) is 24.0 Å². The van der Waals surface area contributed by atoms with E-state index < -0.39 is 5.60 Å².